The van der Waals surface area contributed by atoms with E-state index in [2.05, 4.69) is 34.7 Å². The van der Waals surface area contributed by atoms with E-state index in [1.807, 2.05) is 31.2 Å². The second-order valence-corrected chi connectivity index (χ2v) is 5.73. The van der Waals surface area contributed by atoms with Crippen molar-refractivity contribution in [3.63, 3.8) is 0 Å². The zero-order chi connectivity index (χ0) is 13.7. The third-order valence-electron chi connectivity index (χ3n) is 2.62. The molecule has 1 aromatic carbocycles. The Balaban J connectivity index is 1.95. The highest BCUT2D eigenvalue weighted by Crippen LogP contribution is 2.25. The Bertz CT molecular complexity index is 556. The van der Waals surface area contributed by atoms with Gasteiger partial charge in [-0.15, -0.1) is 0 Å². The predicted octanol–water partition coefficient (Wildman–Crippen LogP) is 3.94. The van der Waals surface area contributed by atoms with Gasteiger partial charge in [-0.1, -0.05) is 35.6 Å². The summed E-state index contributed by atoms with van der Waals surface area (Å²) in [6, 6.07) is 8.37. The van der Waals surface area contributed by atoms with E-state index < -0.39 is 0 Å². The van der Waals surface area contributed by atoms with E-state index in [1.165, 1.54) is 0 Å². The minimum Gasteiger partial charge on any atom is -0.360 e. The van der Waals surface area contributed by atoms with Crippen LogP contribution in [0.1, 0.15) is 20.3 Å². The first kappa shape index (κ1) is 14.0. The van der Waals surface area contributed by atoms with Gasteiger partial charge < -0.3 is 10.6 Å². The molecule has 0 amide bonds. The minimum atomic E-state index is 0.311. The van der Waals surface area contributed by atoms with Crippen LogP contribution in [0, 0.1) is 0 Å². The molecule has 2 rings (SSSR count). The van der Waals surface area contributed by atoms with Crippen LogP contribution in [0.5, 0.6) is 0 Å². The Morgan fingerprint density at radius 1 is 1.47 bits per heavy atom. The van der Waals surface area contributed by atoms with Crippen molar-refractivity contribution in [2.24, 2.45) is 0 Å². The lowest BCUT2D eigenvalue weighted by Crippen LogP contribution is -2.35. The molecule has 0 saturated heterocycles. The maximum atomic E-state index is 5.29. The van der Waals surface area contributed by atoms with Crippen LogP contribution < -0.4 is 10.6 Å². The summed E-state index contributed by atoms with van der Waals surface area (Å²) < 4.78 is 1.16. The van der Waals surface area contributed by atoms with Gasteiger partial charge in [-0.2, -0.15) is 0 Å². The third-order valence-corrected chi connectivity index (χ3v) is 3.79. The first-order valence-electron chi connectivity index (χ1n) is 6.23. The number of benzene rings is 1. The molecule has 1 unspecified atom stereocenters. The Morgan fingerprint density at radius 3 is 3.00 bits per heavy atom. The fourth-order valence-electron chi connectivity index (χ4n) is 1.68. The molecule has 0 fully saturated rings. The number of allylic oxidation sites excluding steroid dienone is 1. The summed E-state index contributed by atoms with van der Waals surface area (Å²) in [6.45, 7) is 4.12. The first-order chi connectivity index (χ1) is 9.19. The molecular weight excluding hydrogens is 274 g/mol. The van der Waals surface area contributed by atoms with Gasteiger partial charge in [-0.25, -0.2) is 4.98 Å². The van der Waals surface area contributed by atoms with Gasteiger partial charge in [0.25, 0.3) is 0 Å². The Morgan fingerprint density at radius 2 is 2.26 bits per heavy atom. The number of hydrogen-bond acceptors (Lipinski definition) is 3. The topological polar surface area (TPSA) is 37.0 Å². The summed E-state index contributed by atoms with van der Waals surface area (Å²) in [5, 5.41) is 7.84. The van der Waals surface area contributed by atoms with Gasteiger partial charge in [0.05, 0.1) is 10.2 Å². The fourth-order valence-corrected chi connectivity index (χ4v) is 2.91. The molecule has 0 spiro atoms. The molecule has 0 aliphatic heterocycles. The molecule has 1 heterocycles. The van der Waals surface area contributed by atoms with Crippen LogP contribution >= 0.6 is 23.6 Å². The van der Waals surface area contributed by atoms with Crippen molar-refractivity contribution in [2.75, 3.05) is 5.32 Å². The highest BCUT2D eigenvalue weighted by atomic mass is 32.1. The highest BCUT2D eigenvalue weighted by molar-refractivity contribution is 7.80. The number of fused-ring (bicyclic) bond motifs is 1. The van der Waals surface area contributed by atoms with Crippen molar-refractivity contribution in [3.05, 3.63) is 36.4 Å². The number of rotatable bonds is 4. The number of thiazole rings is 1. The third kappa shape index (κ3) is 4.01. The van der Waals surface area contributed by atoms with Crippen molar-refractivity contribution in [3.8, 4) is 0 Å². The average molecular weight is 291 g/mol. The average Bonchev–Trinajstić information content (AvgIpc) is 2.78. The van der Waals surface area contributed by atoms with Crippen LogP contribution in [-0.4, -0.2) is 16.1 Å². The molecule has 0 radical (unpaired) electrons. The number of aromatic nitrogens is 1. The molecule has 0 bridgehead atoms. The van der Waals surface area contributed by atoms with Gasteiger partial charge in [-0.05, 0) is 44.6 Å². The SMILES string of the molecule is CC=CCC(C)NC(=S)Nc1nc2ccccc2s1. The van der Waals surface area contributed by atoms with Crippen LogP contribution in [0.25, 0.3) is 10.2 Å². The summed E-state index contributed by atoms with van der Waals surface area (Å²) in [7, 11) is 0. The maximum Gasteiger partial charge on any atom is 0.190 e. The monoisotopic (exact) mass is 291 g/mol. The van der Waals surface area contributed by atoms with Crippen molar-refractivity contribution < 1.29 is 0 Å². The zero-order valence-corrected chi connectivity index (χ0v) is 12.6. The van der Waals surface area contributed by atoms with Crippen molar-refractivity contribution in [1.29, 1.82) is 0 Å². The van der Waals surface area contributed by atoms with E-state index >= 15 is 0 Å². The van der Waals surface area contributed by atoms with E-state index in [0.29, 0.717) is 11.2 Å². The van der Waals surface area contributed by atoms with Crippen molar-refractivity contribution in [2.45, 2.75) is 26.3 Å². The van der Waals surface area contributed by atoms with Gasteiger partial charge in [0.1, 0.15) is 0 Å². The summed E-state index contributed by atoms with van der Waals surface area (Å²) in [5.41, 5.74) is 1.000. The molecule has 5 heteroatoms. The zero-order valence-electron chi connectivity index (χ0n) is 11.0. The molecule has 3 nitrogen and oxygen atoms in total. The number of nitrogens with zero attached hydrogens (tertiary/aromatic N) is 1. The quantitative estimate of drug-likeness (QED) is 0.661. The molecule has 2 aromatic rings. The Kier molecular flexibility index (Phi) is 4.87. The van der Waals surface area contributed by atoms with Gasteiger partial charge >= 0.3 is 0 Å². The smallest absolute Gasteiger partial charge is 0.190 e. The molecule has 0 aliphatic rings. The molecule has 1 aromatic heterocycles. The standard InChI is InChI=1S/C14H17N3S2/c1-3-4-7-10(2)15-13(18)17-14-16-11-8-5-6-9-12(11)19-14/h3-6,8-10H,7H2,1-2H3,(H2,15,16,17,18). The highest BCUT2D eigenvalue weighted by Gasteiger charge is 2.06. The number of anilines is 1. The molecule has 19 heavy (non-hydrogen) atoms. The number of para-hydroxylation sites is 1. The van der Waals surface area contributed by atoms with E-state index in [4.69, 9.17) is 12.2 Å². The van der Waals surface area contributed by atoms with Crippen LogP contribution in [0.15, 0.2) is 36.4 Å². The van der Waals surface area contributed by atoms with Crippen LogP contribution in [0.2, 0.25) is 0 Å². The summed E-state index contributed by atoms with van der Waals surface area (Å²) in [6.07, 6.45) is 5.12. The van der Waals surface area contributed by atoms with Gasteiger partial charge in [-0.3, -0.25) is 0 Å². The van der Waals surface area contributed by atoms with E-state index in [9.17, 15) is 0 Å². The molecule has 0 aliphatic carbocycles. The Hall–Kier alpha value is -1.46. The minimum absolute atomic E-state index is 0.311. The van der Waals surface area contributed by atoms with Crippen LogP contribution in [0.4, 0.5) is 5.13 Å². The fraction of sp³-hybridized carbons (Fsp3) is 0.286. The predicted molar refractivity (Wildman–Crippen MR) is 87.9 cm³/mol. The molecule has 100 valence electrons. The second kappa shape index (κ2) is 6.63. The number of hydrogen-bond donors (Lipinski definition) is 2. The van der Waals surface area contributed by atoms with Gasteiger partial charge in [0.15, 0.2) is 10.2 Å². The molecule has 2 N–H and O–H groups in total. The van der Waals surface area contributed by atoms with E-state index in [0.717, 1.165) is 21.8 Å². The van der Waals surface area contributed by atoms with Crippen LogP contribution in [-0.2, 0) is 0 Å². The normalized spacial score (nSPS) is 12.7. The summed E-state index contributed by atoms with van der Waals surface area (Å²) in [5.74, 6) is 0. The summed E-state index contributed by atoms with van der Waals surface area (Å²) >= 11 is 6.89. The van der Waals surface area contributed by atoms with E-state index in [1.54, 1.807) is 11.3 Å². The lowest BCUT2D eigenvalue weighted by atomic mass is 10.2. The van der Waals surface area contributed by atoms with Gasteiger partial charge in [0.2, 0.25) is 0 Å². The maximum absolute atomic E-state index is 5.29. The number of thiocarbonyl (C=S) groups is 1. The lowest BCUT2D eigenvalue weighted by Gasteiger charge is -2.14. The molecule has 1 atom stereocenters. The van der Waals surface area contributed by atoms with Crippen LogP contribution in [0.3, 0.4) is 0 Å². The number of nitrogens with one attached hydrogen (secondary N) is 2. The van der Waals surface area contributed by atoms with Crippen molar-refractivity contribution >= 4 is 44.0 Å². The molecule has 0 saturated carbocycles. The van der Waals surface area contributed by atoms with Gasteiger partial charge in [0, 0.05) is 6.04 Å². The van der Waals surface area contributed by atoms with Crippen molar-refractivity contribution in [1.82, 2.24) is 10.3 Å². The second-order valence-electron chi connectivity index (χ2n) is 4.29. The Labute approximate surface area is 122 Å². The first-order valence-corrected chi connectivity index (χ1v) is 7.45. The summed E-state index contributed by atoms with van der Waals surface area (Å²) in [4.78, 5) is 4.49. The largest absolute Gasteiger partial charge is 0.360 e. The molecular formula is C14H17N3S2. The lowest BCUT2D eigenvalue weighted by molar-refractivity contribution is 0.678. The van der Waals surface area contributed by atoms with E-state index in [-0.39, 0.29) is 0 Å².